The predicted molar refractivity (Wildman–Crippen MR) is 141 cm³/mol. The van der Waals surface area contributed by atoms with Crippen molar-refractivity contribution in [3.05, 3.63) is 66.1 Å². The molecule has 37 heavy (non-hydrogen) atoms. The van der Waals surface area contributed by atoms with E-state index >= 15 is 0 Å². The maximum Gasteiger partial charge on any atom is 0.320 e. The van der Waals surface area contributed by atoms with Crippen LogP contribution in [-0.2, 0) is 0 Å². The normalized spacial score (nSPS) is 18.7. The lowest BCUT2D eigenvalue weighted by atomic mass is 9.87. The van der Waals surface area contributed by atoms with Gasteiger partial charge in [-0.25, -0.2) is 14.8 Å². The number of fused-ring (bicyclic) bond motifs is 3. The molecule has 0 spiro atoms. The molecule has 2 saturated heterocycles. The molecule has 0 aliphatic carbocycles. The molecule has 0 bridgehead atoms. The van der Waals surface area contributed by atoms with Gasteiger partial charge in [-0.1, -0.05) is 0 Å². The van der Waals surface area contributed by atoms with E-state index in [9.17, 15) is 4.79 Å². The van der Waals surface area contributed by atoms with Gasteiger partial charge in [-0.2, -0.15) is 5.26 Å². The minimum atomic E-state index is 0.152. The molecule has 2 aliphatic heterocycles. The Hall–Kier alpha value is -4.12. The van der Waals surface area contributed by atoms with Crippen LogP contribution in [0.3, 0.4) is 0 Å². The van der Waals surface area contributed by atoms with Gasteiger partial charge in [0.25, 0.3) is 0 Å². The lowest BCUT2D eigenvalue weighted by Crippen LogP contribution is -2.50. The first-order chi connectivity index (χ1) is 18.2. The third-order valence-electron chi connectivity index (χ3n) is 7.79. The number of rotatable bonds is 4. The zero-order chi connectivity index (χ0) is 25.2. The molecule has 1 aromatic carbocycles. The van der Waals surface area contributed by atoms with E-state index in [1.165, 1.54) is 10.9 Å². The topological polar surface area (TPSA) is 98.1 Å². The summed E-state index contributed by atoms with van der Waals surface area (Å²) >= 11 is 0. The van der Waals surface area contributed by atoms with Gasteiger partial charge in [-0.05, 0) is 73.6 Å². The van der Waals surface area contributed by atoms with Crippen molar-refractivity contribution >= 4 is 28.0 Å². The second-order valence-corrected chi connectivity index (χ2v) is 10.1. The minimum absolute atomic E-state index is 0.152. The molecule has 1 atom stereocenters. The monoisotopic (exact) mass is 494 g/mol. The number of likely N-dealkylation sites (tertiary alicyclic amines) is 2. The summed E-state index contributed by atoms with van der Waals surface area (Å²) in [6, 6.07) is 13.7. The van der Waals surface area contributed by atoms with Crippen LogP contribution < -0.4 is 4.74 Å². The Kier molecular flexibility index (Phi) is 6.35. The van der Waals surface area contributed by atoms with Gasteiger partial charge in [0.2, 0.25) is 0 Å². The number of H-pyrrole nitrogens is 1. The summed E-state index contributed by atoms with van der Waals surface area (Å²) in [6.07, 6.45) is 9.62. The van der Waals surface area contributed by atoms with Crippen molar-refractivity contribution in [3.63, 3.8) is 0 Å². The largest absolute Gasteiger partial charge is 0.493 e. The zero-order valence-electron chi connectivity index (χ0n) is 20.8. The van der Waals surface area contributed by atoms with Gasteiger partial charge in [0, 0.05) is 55.3 Å². The molecular weight excluding hydrogens is 464 g/mol. The van der Waals surface area contributed by atoms with Crippen LogP contribution in [0.4, 0.5) is 4.79 Å². The molecule has 2 fully saturated rings. The van der Waals surface area contributed by atoms with Crippen molar-refractivity contribution < 1.29 is 9.53 Å². The molecule has 8 heteroatoms. The van der Waals surface area contributed by atoms with Crippen molar-refractivity contribution in [1.29, 1.82) is 5.26 Å². The van der Waals surface area contributed by atoms with Crippen LogP contribution in [0, 0.1) is 17.2 Å². The highest BCUT2D eigenvalue weighted by Gasteiger charge is 2.31. The average molecular weight is 495 g/mol. The van der Waals surface area contributed by atoms with Crippen molar-refractivity contribution in [2.45, 2.75) is 31.6 Å². The fraction of sp³-hybridized carbons (Fsp3) is 0.379. The van der Waals surface area contributed by atoms with E-state index < -0.39 is 0 Å². The van der Waals surface area contributed by atoms with Crippen LogP contribution in [0.1, 0.15) is 42.7 Å². The highest BCUT2D eigenvalue weighted by atomic mass is 16.5. The van der Waals surface area contributed by atoms with E-state index in [1.807, 2.05) is 46.6 Å². The highest BCUT2D eigenvalue weighted by molar-refractivity contribution is 6.05. The first kappa shape index (κ1) is 23.3. The SMILES string of the molecule is N#Cc1ccc(OCC2CCCN(C(=O)N3CCC(c4cc[nH]c5cnc6nccc6c45)CC3)C2)cc1. The number of urea groups is 1. The Balaban J connectivity index is 1.07. The quantitative estimate of drug-likeness (QED) is 0.427. The number of nitrogens with zero attached hydrogens (tertiary/aromatic N) is 5. The highest BCUT2D eigenvalue weighted by Crippen LogP contribution is 2.35. The smallest absolute Gasteiger partial charge is 0.320 e. The Morgan fingerprint density at radius 1 is 1.05 bits per heavy atom. The second-order valence-electron chi connectivity index (χ2n) is 10.1. The number of hydrogen-bond acceptors (Lipinski definition) is 5. The Labute approximate surface area is 215 Å². The minimum Gasteiger partial charge on any atom is -0.493 e. The van der Waals surface area contributed by atoms with Gasteiger partial charge >= 0.3 is 6.03 Å². The van der Waals surface area contributed by atoms with Crippen LogP contribution in [-0.4, -0.2) is 63.6 Å². The number of nitriles is 1. The number of pyridine rings is 2. The molecule has 2 amide bonds. The van der Waals surface area contributed by atoms with E-state index in [2.05, 4.69) is 27.1 Å². The Morgan fingerprint density at radius 3 is 2.70 bits per heavy atom. The van der Waals surface area contributed by atoms with Gasteiger partial charge in [0.15, 0.2) is 5.65 Å². The average Bonchev–Trinajstić information content (AvgIpc) is 3.45. The number of amides is 2. The summed E-state index contributed by atoms with van der Waals surface area (Å²) in [5.41, 5.74) is 3.75. The van der Waals surface area contributed by atoms with Gasteiger partial charge in [-0.15, -0.1) is 0 Å². The van der Waals surface area contributed by atoms with Crippen LogP contribution in [0.2, 0.25) is 0 Å². The number of piperidine rings is 2. The molecule has 4 aromatic rings. The summed E-state index contributed by atoms with van der Waals surface area (Å²) in [7, 11) is 0. The molecule has 5 heterocycles. The Morgan fingerprint density at radius 2 is 1.89 bits per heavy atom. The van der Waals surface area contributed by atoms with Crippen LogP contribution in [0.5, 0.6) is 5.75 Å². The van der Waals surface area contributed by atoms with Gasteiger partial charge in [0.1, 0.15) is 5.75 Å². The van der Waals surface area contributed by atoms with E-state index in [-0.39, 0.29) is 6.03 Å². The molecule has 0 saturated carbocycles. The second kappa shape index (κ2) is 10.1. The molecule has 6 rings (SSSR count). The predicted octanol–water partition coefficient (Wildman–Crippen LogP) is 5.07. The molecule has 188 valence electrons. The van der Waals surface area contributed by atoms with Crippen molar-refractivity contribution in [3.8, 4) is 11.8 Å². The number of carbonyl (C=O) groups excluding carboxylic acids is 1. The summed E-state index contributed by atoms with van der Waals surface area (Å²) in [6.45, 7) is 3.64. The van der Waals surface area contributed by atoms with E-state index in [1.54, 1.807) is 12.1 Å². The molecule has 2 aliphatic rings. The zero-order valence-corrected chi connectivity index (χ0v) is 20.8. The molecule has 0 radical (unpaired) electrons. The fourth-order valence-electron chi connectivity index (χ4n) is 5.82. The number of aromatic amines is 1. The Bertz CT molecular complexity index is 1450. The number of hydrogen-bond donors (Lipinski definition) is 1. The molecule has 1 N–H and O–H groups in total. The lowest BCUT2D eigenvalue weighted by Gasteiger charge is -2.39. The number of aromatic nitrogens is 3. The standard InChI is InChI=1S/C29H30N6O2/c30-16-20-3-5-23(6-4-20)37-19-21-2-1-13-35(18-21)29(36)34-14-9-22(10-15-34)24-7-11-31-26-17-33-28-25(27(24)26)8-12-32-28/h3-8,11-12,17,21-22,31H,1-2,9-10,13-15,18-19H2. The van der Waals surface area contributed by atoms with E-state index in [4.69, 9.17) is 10.00 Å². The number of ether oxygens (including phenoxy) is 1. The van der Waals surface area contributed by atoms with E-state index in [0.29, 0.717) is 24.0 Å². The summed E-state index contributed by atoms with van der Waals surface area (Å²) in [5.74, 6) is 1.48. The molecular formula is C29H30N6O2. The third-order valence-corrected chi connectivity index (χ3v) is 7.79. The molecule has 8 nitrogen and oxygen atoms in total. The molecule has 1 unspecified atom stereocenters. The molecule has 3 aromatic heterocycles. The van der Waals surface area contributed by atoms with Gasteiger partial charge in [-0.3, -0.25) is 0 Å². The lowest BCUT2D eigenvalue weighted by molar-refractivity contribution is 0.104. The first-order valence-corrected chi connectivity index (χ1v) is 13.1. The van der Waals surface area contributed by atoms with Crippen LogP contribution in [0.15, 0.2) is 55.0 Å². The number of carbonyl (C=O) groups is 1. The van der Waals surface area contributed by atoms with Crippen LogP contribution in [0.25, 0.3) is 21.9 Å². The summed E-state index contributed by atoms with van der Waals surface area (Å²) < 4.78 is 5.97. The van der Waals surface area contributed by atoms with Crippen molar-refractivity contribution in [2.24, 2.45) is 5.92 Å². The maximum absolute atomic E-state index is 13.4. The third kappa shape index (κ3) is 4.69. The first-order valence-electron chi connectivity index (χ1n) is 13.1. The van der Waals surface area contributed by atoms with Gasteiger partial charge in [0.05, 0.1) is 30.0 Å². The van der Waals surface area contributed by atoms with Crippen molar-refractivity contribution in [1.82, 2.24) is 24.8 Å². The summed E-state index contributed by atoms with van der Waals surface area (Å²) in [4.78, 5) is 29.6. The maximum atomic E-state index is 13.4. The number of benzene rings is 1. The van der Waals surface area contributed by atoms with Crippen LogP contribution >= 0.6 is 0 Å². The number of nitrogens with one attached hydrogen (secondary N) is 1. The fourth-order valence-corrected chi connectivity index (χ4v) is 5.82. The van der Waals surface area contributed by atoms with Gasteiger partial charge < -0.3 is 19.5 Å². The summed E-state index contributed by atoms with van der Waals surface area (Å²) in [5, 5.41) is 11.3. The van der Waals surface area contributed by atoms with Crippen molar-refractivity contribution in [2.75, 3.05) is 32.8 Å². The van der Waals surface area contributed by atoms with E-state index in [0.717, 1.165) is 74.2 Å².